The number of nitrogens with zero attached hydrogens (tertiary/aromatic N) is 4. The summed E-state index contributed by atoms with van der Waals surface area (Å²) in [5.41, 5.74) is 3.96. The number of phenols is 1. The lowest BCUT2D eigenvalue weighted by Gasteiger charge is -2.06. The first-order chi connectivity index (χ1) is 15.0. The van der Waals surface area contributed by atoms with Crippen LogP contribution in [0.5, 0.6) is 17.2 Å². The van der Waals surface area contributed by atoms with Crippen molar-refractivity contribution in [2.75, 3.05) is 36.6 Å². The first kappa shape index (κ1) is 21.8. The number of carbonyl (C=O) groups excluding carboxylic acids is 1. The maximum atomic E-state index is 12.1. The summed E-state index contributed by atoms with van der Waals surface area (Å²) in [4.78, 5) is 12.1. The number of anilines is 2. The first-order valence-corrected chi connectivity index (χ1v) is 9.92. The number of rotatable bonds is 9. The minimum Gasteiger partial charge on any atom is -0.504 e. The monoisotopic (exact) mass is 443 g/mol. The molecule has 0 unspecified atom stereocenters. The highest BCUT2D eigenvalue weighted by Crippen LogP contribution is 2.25. The molecule has 0 aliphatic carbocycles. The normalized spacial score (nSPS) is 10.8. The molecule has 3 aromatic rings. The van der Waals surface area contributed by atoms with E-state index in [1.54, 1.807) is 43.5 Å². The summed E-state index contributed by atoms with van der Waals surface area (Å²) in [7, 11) is 3.04. The predicted octanol–water partition coefficient (Wildman–Crippen LogP) is 1.89. The van der Waals surface area contributed by atoms with Gasteiger partial charge in [-0.2, -0.15) is 5.10 Å². The van der Waals surface area contributed by atoms with Crippen LogP contribution in [-0.4, -0.2) is 52.1 Å². The molecule has 1 aromatic heterocycles. The lowest BCUT2D eigenvalue weighted by atomic mass is 10.2. The minimum atomic E-state index is -0.218. The van der Waals surface area contributed by atoms with Gasteiger partial charge in [-0.1, -0.05) is 11.8 Å². The van der Waals surface area contributed by atoms with Crippen LogP contribution in [-0.2, 0) is 4.79 Å². The summed E-state index contributed by atoms with van der Waals surface area (Å²) < 4.78 is 11.3. The fourth-order valence-corrected chi connectivity index (χ4v) is 3.06. The van der Waals surface area contributed by atoms with E-state index >= 15 is 0 Å². The summed E-state index contributed by atoms with van der Waals surface area (Å²) in [5, 5.41) is 24.8. The molecule has 0 aliphatic rings. The van der Waals surface area contributed by atoms with Gasteiger partial charge in [0, 0.05) is 5.69 Å². The molecular weight excluding hydrogens is 422 g/mol. The average molecular weight is 443 g/mol. The second-order valence-electron chi connectivity index (χ2n) is 6.04. The average Bonchev–Trinajstić information content (AvgIpc) is 3.12. The Balaban J connectivity index is 1.52. The number of hydrazone groups is 1. The number of ether oxygens (including phenoxy) is 2. The van der Waals surface area contributed by atoms with Gasteiger partial charge in [0.15, 0.2) is 11.5 Å². The summed E-state index contributed by atoms with van der Waals surface area (Å²) in [5.74, 6) is 7.08. The molecule has 5 N–H and O–H groups in total. The lowest BCUT2D eigenvalue weighted by Crippen LogP contribution is -2.16. The van der Waals surface area contributed by atoms with E-state index < -0.39 is 0 Å². The van der Waals surface area contributed by atoms with Gasteiger partial charge in [-0.25, -0.2) is 10.1 Å². The topological polar surface area (TPSA) is 149 Å². The number of aromatic nitrogens is 3. The molecule has 0 radical (unpaired) electrons. The van der Waals surface area contributed by atoms with E-state index in [9.17, 15) is 9.90 Å². The van der Waals surface area contributed by atoms with E-state index in [1.165, 1.54) is 24.1 Å². The number of benzene rings is 2. The highest BCUT2D eigenvalue weighted by atomic mass is 32.2. The molecule has 12 heteroatoms. The molecule has 3 rings (SSSR count). The molecule has 0 saturated carbocycles. The van der Waals surface area contributed by atoms with Crippen LogP contribution in [0.15, 0.2) is 52.7 Å². The molecule has 1 amide bonds. The first-order valence-electron chi connectivity index (χ1n) is 8.93. The summed E-state index contributed by atoms with van der Waals surface area (Å²) >= 11 is 1.13. The van der Waals surface area contributed by atoms with Crippen molar-refractivity contribution in [1.29, 1.82) is 0 Å². The van der Waals surface area contributed by atoms with Crippen LogP contribution >= 0.6 is 11.8 Å². The van der Waals surface area contributed by atoms with Crippen LogP contribution in [0.1, 0.15) is 5.56 Å². The van der Waals surface area contributed by atoms with E-state index in [2.05, 4.69) is 26.0 Å². The molecule has 31 heavy (non-hydrogen) atoms. The van der Waals surface area contributed by atoms with Crippen molar-refractivity contribution in [1.82, 2.24) is 14.9 Å². The minimum absolute atomic E-state index is 0.0000413. The lowest BCUT2D eigenvalue weighted by molar-refractivity contribution is -0.113. The highest BCUT2D eigenvalue weighted by Gasteiger charge is 2.12. The van der Waals surface area contributed by atoms with Gasteiger partial charge in [0.1, 0.15) is 5.75 Å². The zero-order chi connectivity index (χ0) is 22.2. The van der Waals surface area contributed by atoms with Gasteiger partial charge >= 0.3 is 0 Å². The van der Waals surface area contributed by atoms with Gasteiger partial charge < -0.3 is 25.7 Å². The smallest absolute Gasteiger partial charge is 0.264 e. The third-order valence-electron chi connectivity index (χ3n) is 3.95. The third kappa shape index (κ3) is 5.79. The maximum absolute atomic E-state index is 12.1. The number of phenolic OH excluding ortho intramolecular Hbond substituents is 1. The number of carbonyl (C=O) groups is 1. The van der Waals surface area contributed by atoms with Crippen LogP contribution in [0.4, 0.5) is 11.6 Å². The van der Waals surface area contributed by atoms with Crippen molar-refractivity contribution in [3.8, 4) is 17.2 Å². The zero-order valence-electron chi connectivity index (χ0n) is 16.8. The Morgan fingerprint density at radius 2 is 2.00 bits per heavy atom. The Morgan fingerprint density at radius 3 is 2.68 bits per heavy atom. The third-order valence-corrected chi connectivity index (χ3v) is 4.89. The molecule has 0 fully saturated rings. The van der Waals surface area contributed by atoms with Gasteiger partial charge in [-0.15, -0.1) is 10.2 Å². The molecule has 1 heterocycles. The maximum Gasteiger partial charge on any atom is 0.264 e. The predicted molar refractivity (Wildman–Crippen MR) is 118 cm³/mol. The Bertz CT molecular complexity index is 1070. The Labute approximate surface area is 182 Å². The van der Waals surface area contributed by atoms with Crippen molar-refractivity contribution in [2.24, 2.45) is 5.10 Å². The second kappa shape index (κ2) is 10.2. The molecular formula is C19H21N7O4S. The molecule has 162 valence electrons. The number of amides is 1. The number of nitrogens with one attached hydrogen (secondary N) is 2. The van der Waals surface area contributed by atoms with E-state index in [0.29, 0.717) is 27.9 Å². The van der Waals surface area contributed by atoms with Crippen molar-refractivity contribution in [2.45, 2.75) is 5.16 Å². The van der Waals surface area contributed by atoms with Crippen LogP contribution in [0.25, 0.3) is 0 Å². The SMILES string of the molecule is COc1ccc(NC(=O)CSc2nnc(N/N=C/c3ccc(OC)c(O)c3)n2N)cc1. The number of nitrogen functional groups attached to an aromatic ring is 1. The van der Waals surface area contributed by atoms with Crippen molar-refractivity contribution >= 4 is 35.5 Å². The number of methoxy groups -OCH3 is 2. The molecule has 0 bridgehead atoms. The van der Waals surface area contributed by atoms with E-state index in [1.807, 2.05) is 0 Å². The molecule has 0 saturated heterocycles. The summed E-state index contributed by atoms with van der Waals surface area (Å²) in [6.07, 6.45) is 1.48. The quantitative estimate of drug-likeness (QED) is 0.168. The van der Waals surface area contributed by atoms with E-state index in [0.717, 1.165) is 11.8 Å². The zero-order valence-corrected chi connectivity index (χ0v) is 17.6. The van der Waals surface area contributed by atoms with Gasteiger partial charge in [0.05, 0.1) is 26.2 Å². The highest BCUT2D eigenvalue weighted by molar-refractivity contribution is 7.99. The Hall–Kier alpha value is -3.93. The summed E-state index contributed by atoms with van der Waals surface area (Å²) in [6, 6.07) is 11.8. The standard InChI is InChI=1S/C19H21N7O4S/c1-29-14-6-4-13(5-7-14)22-17(28)11-31-19-25-24-18(26(19)20)23-21-10-12-3-8-16(30-2)15(27)9-12/h3-10,27H,11,20H2,1-2H3,(H,22,28)(H,23,24)/b21-10+. The van der Waals surface area contributed by atoms with Gasteiger partial charge in [0.2, 0.25) is 11.1 Å². The fraction of sp³-hybridized carbons (Fsp3) is 0.158. The van der Waals surface area contributed by atoms with Crippen LogP contribution in [0.3, 0.4) is 0 Å². The van der Waals surface area contributed by atoms with E-state index in [-0.39, 0.29) is 23.4 Å². The van der Waals surface area contributed by atoms with Crippen molar-refractivity contribution < 1.29 is 19.4 Å². The van der Waals surface area contributed by atoms with Crippen LogP contribution < -0.4 is 26.1 Å². The number of nitrogens with two attached hydrogens (primary N) is 1. The van der Waals surface area contributed by atoms with Gasteiger partial charge in [-0.3, -0.25) is 4.79 Å². The Kier molecular flexibility index (Phi) is 7.17. The van der Waals surface area contributed by atoms with E-state index in [4.69, 9.17) is 15.3 Å². The molecule has 0 spiro atoms. The number of aromatic hydroxyl groups is 1. The number of hydrogen-bond acceptors (Lipinski definition) is 10. The van der Waals surface area contributed by atoms with Crippen molar-refractivity contribution in [3.63, 3.8) is 0 Å². The second-order valence-corrected chi connectivity index (χ2v) is 6.99. The van der Waals surface area contributed by atoms with Gasteiger partial charge in [-0.05, 0) is 48.0 Å². The van der Waals surface area contributed by atoms with Crippen LogP contribution in [0.2, 0.25) is 0 Å². The largest absolute Gasteiger partial charge is 0.504 e. The fourth-order valence-electron chi connectivity index (χ4n) is 2.41. The molecule has 2 aromatic carbocycles. The molecule has 0 aliphatic heterocycles. The molecule has 0 atom stereocenters. The Morgan fingerprint density at radius 1 is 1.23 bits per heavy atom. The molecule has 11 nitrogen and oxygen atoms in total. The van der Waals surface area contributed by atoms with Gasteiger partial charge in [0.25, 0.3) is 5.95 Å². The number of hydrogen-bond donors (Lipinski definition) is 4. The van der Waals surface area contributed by atoms with Crippen molar-refractivity contribution in [3.05, 3.63) is 48.0 Å². The van der Waals surface area contributed by atoms with Crippen LogP contribution in [0, 0.1) is 0 Å². The number of thioether (sulfide) groups is 1. The summed E-state index contributed by atoms with van der Waals surface area (Å²) in [6.45, 7) is 0.